The molecule has 1 fully saturated rings. The molecule has 130 valence electrons. The number of rotatable bonds is 4. The first kappa shape index (κ1) is 16.0. The van der Waals surface area contributed by atoms with Crippen molar-refractivity contribution >= 4 is 17.7 Å². The van der Waals surface area contributed by atoms with Crippen molar-refractivity contribution in [3.05, 3.63) is 41.9 Å². The molecule has 6 heteroatoms. The van der Waals surface area contributed by atoms with Gasteiger partial charge in [0.15, 0.2) is 0 Å². The first-order valence-corrected chi connectivity index (χ1v) is 8.87. The molecular weight excluding hydrogens is 314 g/mol. The molecule has 6 nitrogen and oxygen atoms in total. The molecule has 0 atom stereocenters. The van der Waals surface area contributed by atoms with E-state index in [1.54, 1.807) is 6.20 Å². The number of nitrogens with one attached hydrogen (secondary N) is 1. The quantitative estimate of drug-likeness (QED) is 0.929. The Hall–Kier alpha value is -2.50. The van der Waals surface area contributed by atoms with E-state index >= 15 is 0 Å². The van der Waals surface area contributed by atoms with Crippen LogP contribution in [-0.4, -0.2) is 32.9 Å². The Morgan fingerprint density at radius 2 is 1.96 bits per heavy atom. The first-order chi connectivity index (χ1) is 12.0. The summed E-state index contributed by atoms with van der Waals surface area (Å²) in [5.74, 6) is 1.63. The van der Waals surface area contributed by atoms with Crippen molar-refractivity contribution in [2.75, 3.05) is 10.2 Å². The van der Waals surface area contributed by atoms with Crippen molar-refractivity contribution in [3.63, 3.8) is 0 Å². The van der Waals surface area contributed by atoms with Gasteiger partial charge in [0.05, 0.1) is 5.41 Å². The molecular formula is C19H23N5O. The maximum absolute atomic E-state index is 12.9. The van der Waals surface area contributed by atoms with E-state index in [0.29, 0.717) is 12.0 Å². The van der Waals surface area contributed by atoms with E-state index in [0.717, 1.165) is 36.2 Å². The number of aromatic nitrogens is 3. The highest BCUT2D eigenvalue weighted by Gasteiger charge is 2.50. The van der Waals surface area contributed by atoms with Gasteiger partial charge in [0.25, 0.3) is 0 Å². The van der Waals surface area contributed by atoms with Crippen LogP contribution in [0.4, 0.5) is 11.8 Å². The van der Waals surface area contributed by atoms with Crippen LogP contribution >= 0.6 is 0 Å². The average molecular weight is 337 g/mol. The number of fused-ring (bicyclic) bond motifs is 1. The molecule has 2 aromatic heterocycles. The standard InChI is InChI=1S/C19H23N5O/c1-4-12-10-21-18(22-11-12)23-13-8-14(9-13)24-16-15(6-5-7-20-16)19(2,3)17(24)25/h5-7,10-11,13-14H,4,8-9H2,1-3H3,(H,21,22,23). The molecule has 0 radical (unpaired) electrons. The Balaban J connectivity index is 1.44. The van der Waals surface area contributed by atoms with Gasteiger partial charge in [-0.3, -0.25) is 9.69 Å². The van der Waals surface area contributed by atoms with Crippen molar-refractivity contribution in [2.45, 2.75) is 57.5 Å². The number of amides is 1. The van der Waals surface area contributed by atoms with Gasteiger partial charge >= 0.3 is 0 Å². The lowest BCUT2D eigenvalue weighted by atomic mass is 9.84. The van der Waals surface area contributed by atoms with E-state index < -0.39 is 5.41 Å². The maximum Gasteiger partial charge on any atom is 0.238 e. The van der Waals surface area contributed by atoms with E-state index in [2.05, 4.69) is 27.2 Å². The Kier molecular flexibility index (Phi) is 3.71. The van der Waals surface area contributed by atoms with Gasteiger partial charge in [0.2, 0.25) is 11.9 Å². The fourth-order valence-corrected chi connectivity index (χ4v) is 3.64. The second-order valence-corrected chi connectivity index (χ2v) is 7.41. The maximum atomic E-state index is 12.9. The van der Waals surface area contributed by atoms with Gasteiger partial charge in [-0.05, 0) is 44.7 Å². The Bertz CT molecular complexity index is 796. The van der Waals surface area contributed by atoms with Gasteiger partial charge in [0, 0.05) is 36.2 Å². The molecule has 0 unspecified atom stereocenters. The molecule has 1 aliphatic carbocycles. The smallest absolute Gasteiger partial charge is 0.238 e. The predicted octanol–water partition coefficient (Wildman–Crippen LogP) is 2.70. The summed E-state index contributed by atoms with van der Waals surface area (Å²) in [5.41, 5.74) is 1.65. The summed E-state index contributed by atoms with van der Waals surface area (Å²) in [5, 5.41) is 3.36. The third-order valence-electron chi connectivity index (χ3n) is 5.37. The number of hydrogen-bond acceptors (Lipinski definition) is 5. The number of carbonyl (C=O) groups is 1. The normalized spacial score (nSPS) is 24.0. The number of aryl methyl sites for hydroxylation is 1. The van der Waals surface area contributed by atoms with Crippen molar-refractivity contribution in [1.82, 2.24) is 15.0 Å². The topological polar surface area (TPSA) is 71.0 Å². The van der Waals surface area contributed by atoms with Crippen LogP contribution in [0.2, 0.25) is 0 Å². The van der Waals surface area contributed by atoms with Crippen LogP contribution < -0.4 is 10.2 Å². The summed E-state index contributed by atoms with van der Waals surface area (Å²) in [6.07, 6.45) is 8.19. The summed E-state index contributed by atoms with van der Waals surface area (Å²) in [7, 11) is 0. The molecule has 2 aromatic rings. The monoisotopic (exact) mass is 337 g/mol. The molecule has 1 aliphatic heterocycles. The highest BCUT2D eigenvalue weighted by molar-refractivity contribution is 6.07. The Labute approximate surface area is 147 Å². The zero-order valence-electron chi connectivity index (χ0n) is 14.9. The fraction of sp³-hybridized carbons (Fsp3) is 0.474. The van der Waals surface area contributed by atoms with Crippen LogP contribution in [0.5, 0.6) is 0 Å². The molecule has 0 aromatic carbocycles. The van der Waals surface area contributed by atoms with Gasteiger partial charge in [-0.15, -0.1) is 0 Å². The van der Waals surface area contributed by atoms with Gasteiger partial charge in [-0.1, -0.05) is 13.0 Å². The highest BCUT2D eigenvalue weighted by atomic mass is 16.2. The lowest BCUT2D eigenvalue weighted by molar-refractivity contribution is -0.122. The van der Waals surface area contributed by atoms with E-state index in [4.69, 9.17) is 0 Å². The second kappa shape index (κ2) is 5.79. The van der Waals surface area contributed by atoms with Crippen LogP contribution in [0.25, 0.3) is 0 Å². The van der Waals surface area contributed by atoms with E-state index in [9.17, 15) is 4.79 Å². The second-order valence-electron chi connectivity index (χ2n) is 7.41. The van der Waals surface area contributed by atoms with Gasteiger partial charge < -0.3 is 5.32 Å². The van der Waals surface area contributed by atoms with Crippen molar-refractivity contribution < 1.29 is 4.79 Å². The summed E-state index contributed by atoms with van der Waals surface area (Å²) >= 11 is 0. The Morgan fingerprint density at radius 3 is 2.64 bits per heavy atom. The minimum atomic E-state index is -0.499. The van der Waals surface area contributed by atoms with Crippen molar-refractivity contribution in [2.24, 2.45) is 0 Å². The van der Waals surface area contributed by atoms with Crippen molar-refractivity contribution in [1.29, 1.82) is 0 Å². The van der Waals surface area contributed by atoms with E-state index in [1.807, 2.05) is 43.3 Å². The zero-order valence-corrected chi connectivity index (χ0v) is 14.9. The molecule has 2 aliphatic rings. The van der Waals surface area contributed by atoms with E-state index in [1.165, 1.54) is 0 Å². The lowest BCUT2D eigenvalue weighted by Gasteiger charge is -2.41. The minimum Gasteiger partial charge on any atom is -0.351 e. The number of anilines is 2. The molecule has 3 heterocycles. The summed E-state index contributed by atoms with van der Waals surface area (Å²) < 4.78 is 0. The Morgan fingerprint density at radius 1 is 1.24 bits per heavy atom. The summed E-state index contributed by atoms with van der Waals surface area (Å²) in [6, 6.07) is 4.40. The third kappa shape index (κ3) is 2.56. The molecule has 25 heavy (non-hydrogen) atoms. The number of hydrogen-bond donors (Lipinski definition) is 1. The number of pyridine rings is 1. The average Bonchev–Trinajstić information content (AvgIpc) is 2.79. The first-order valence-electron chi connectivity index (χ1n) is 8.87. The van der Waals surface area contributed by atoms with Crippen LogP contribution in [0, 0.1) is 0 Å². The van der Waals surface area contributed by atoms with Gasteiger partial charge in [-0.2, -0.15) is 0 Å². The summed E-state index contributed by atoms with van der Waals surface area (Å²) in [4.78, 5) is 28.0. The largest absolute Gasteiger partial charge is 0.351 e. The minimum absolute atomic E-state index is 0.146. The highest BCUT2D eigenvalue weighted by Crippen LogP contribution is 2.44. The molecule has 1 N–H and O–H groups in total. The molecule has 0 spiro atoms. The molecule has 0 bridgehead atoms. The third-order valence-corrected chi connectivity index (χ3v) is 5.37. The van der Waals surface area contributed by atoms with Crippen LogP contribution in [0.1, 0.15) is 44.7 Å². The molecule has 1 saturated carbocycles. The lowest BCUT2D eigenvalue weighted by Crippen LogP contribution is -2.53. The van der Waals surface area contributed by atoms with E-state index in [-0.39, 0.29) is 11.9 Å². The predicted molar refractivity (Wildman–Crippen MR) is 96.6 cm³/mol. The van der Waals surface area contributed by atoms with Crippen LogP contribution in [0.3, 0.4) is 0 Å². The summed E-state index contributed by atoms with van der Waals surface area (Å²) in [6.45, 7) is 6.05. The van der Waals surface area contributed by atoms with Crippen molar-refractivity contribution in [3.8, 4) is 0 Å². The molecule has 1 amide bonds. The zero-order chi connectivity index (χ0) is 17.6. The molecule has 0 saturated heterocycles. The number of nitrogens with zero attached hydrogens (tertiary/aromatic N) is 4. The van der Waals surface area contributed by atoms with Gasteiger partial charge in [-0.25, -0.2) is 15.0 Å². The van der Waals surface area contributed by atoms with Crippen LogP contribution in [-0.2, 0) is 16.6 Å². The molecule has 4 rings (SSSR count). The SMILES string of the molecule is CCc1cnc(NC2CC(N3C(=O)C(C)(C)c4cccnc43)C2)nc1. The van der Waals surface area contributed by atoms with Crippen LogP contribution in [0.15, 0.2) is 30.7 Å². The van der Waals surface area contributed by atoms with Gasteiger partial charge in [0.1, 0.15) is 5.82 Å². The fourth-order valence-electron chi connectivity index (χ4n) is 3.64. The number of carbonyl (C=O) groups excluding carboxylic acids is 1.